The van der Waals surface area contributed by atoms with Crippen LogP contribution in [0.25, 0.3) is 0 Å². The van der Waals surface area contributed by atoms with E-state index in [1.165, 1.54) is 0 Å². The van der Waals surface area contributed by atoms with Crippen molar-refractivity contribution in [3.05, 3.63) is 35.9 Å². The number of nitrogens with one attached hydrogen (secondary N) is 1. The normalized spacial score (nSPS) is 31.3. The monoisotopic (exact) mass is 253 g/mol. The molecule has 0 bridgehead atoms. The topological polar surface area (TPSA) is 99.0 Å². The van der Waals surface area contributed by atoms with Crippen LogP contribution in [0.2, 0.25) is 0 Å². The Balaban J connectivity index is 2.00. The second-order valence-corrected chi connectivity index (χ2v) is 4.10. The molecule has 1 saturated heterocycles. The molecule has 18 heavy (non-hydrogen) atoms. The van der Waals surface area contributed by atoms with Gasteiger partial charge in [-0.15, -0.1) is 0 Å². The molecule has 0 aromatic heterocycles. The Hall–Kier alpha value is -1.47. The fraction of sp³-hybridized carbons (Fsp3) is 0.417. The SMILES string of the molecule is O=C(N[C@@H]1O[C@H](CO)[C@@H](O)[C@H]1O)c1ccccc1. The quantitative estimate of drug-likeness (QED) is 0.545. The molecular formula is C12H15NO5. The Labute approximate surface area is 104 Å². The Bertz CT molecular complexity index is 410. The van der Waals surface area contributed by atoms with Crippen molar-refractivity contribution in [2.75, 3.05) is 6.61 Å². The van der Waals surface area contributed by atoms with E-state index in [4.69, 9.17) is 9.84 Å². The summed E-state index contributed by atoms with van der Waals surface area (Å²) in [5.74, 6) is -0.412. The average Bonchev–Trinajstić information content (AvgIpc) is 2.67. The second kappa shape index (κ2) is 5.45. The fourth-order valence-corrected chi connectivity index (χ4v) is 1.82. The highest BCUT2D eigenvalue weighted by molar-refractivity contribution is 5.94. The lowest BCUT2D eigenvalue weighted by Crippen LogP contribution is -2.43. The van der Waals surface area contributed by atoms with Gasteiger partial charge in [-0.3, -0.25) is 4.79 Å². The second-order valence-electron chi connectivity index (χ2n) is 4.10. The van der Waals surface area contributed by atoms with Crippen LogP contribution in [0.4, 0.5) is 0 Å². The number of aliphatic hydroxyl groups excluding tert-OH is 3. The molecule has 1 fully saturated rings. The Morgan fingerprint density at radius 1 is 1.22 bits per heavy atom. The molecule has 6 heteroatoms. The summed E-state index contributed by atoms with van der Waals surface area (Å²) >= 11 is 0. The molecule has 2 rings (SSSR count). The van der Waals surface area contributed by atoms with Gasteiger partial charge in [0, 0.05) is 5.56 Å². The fourth-order valence-electron chi connectivity index (χ4n) is 1.82. The van der Waals surface area contributed by atoms with Gasteiger partial charge in [-0.25, -0.2) is 0 Å². The number of aliphatic hydroxyl groups is 3. The minimum absolute atomic E-state index is 0.412. The van der Waals surface area contributed by atoms with Crippen LogP contribution < -0.4 is 5.32 Å². The predicted molar refractivity (Wildman–Crippen MR) is 61.7 cm³/mol. The molecule has 0 spiro atoms. The molecule has 4 N–H and O–H groups in total. The van der Waals surface area contributed by atoms with Crippen LogP contribution in [-0.4, -0.2) is 52.4 Å². The first kappa shape index (κ1) is 13.0. The average molecular weight is 253 g/mol. The molecule has 6 nitrogen and oxygen atoms in total. The number of ether oxygens (including phenoxy) is 1. The summed E-state index contributed by atoms with van der Waals surface area (Å²) < 4.78 is 5.15. The Kier molecular flexibility index (Phi) is 3.93. The third-order valence-electron chi connectivity index (χ3n) is 2.85. The zero-order chi connectivity index (χ0) is 13.1. The zero-order valence-electron chi connectivity index (χ0n) is 9.56. The van der Waals surface area contributed by atoms with Crippen LogP contribution in [-0.2, 0) is 4.74 Å². The zero-order valence-corrected chi connectivity index (χ0v) is 9.56. The summed E-state index contributed by atoms with van der Waals surface area (Å²) in [6.07, 6.45) is -4.38. The molecule has 0 saturated carbocycles. The van der Waals surface area contributed by atoms with E-state index >= 15 is 0 Å². The van der Waals surface area contributed by atoms with Gasteiger partial charge < -0.3 is 25.4 Å². The maximum Gasteiger partial charge on any atom is 0.253 e. The molecule has 1 heterocycles. The van der Waals surface area contributed by atoms with Gasteiger partial charge in [-0.2, -0.15) is 0 Å². The summed E-state index contributed by atoms with van der Waals surface area (Å²) in [5, 5.41) is 30.6. The van der Waals surface area contributed by atoms with E-state index in [1.54, 1.807) is 30.3 Å². The molecule has 1 aliphatic heterocycles. The van der Waals surface area contributed by atoms with E-state index in [-0.39, 0.29) is 0 Å². The van der Waals surface area contributed by atoms with Crippen molar-refractivity contribution in [2.45, 2.75) is 24.5 Å². The first-order valence-electron chi connectivity index (χ1n) is 5.62. The number of amides is 1. The lowest BCUT2D eigenvalue weighted by molar-refractivity contribution is -0.0304. The molecule has 1 aliphatic rings. The number of benzene rings is 1. The highest BCUT2D eigenvalue weighted by Gasteiger charge is 2.43. The third kappa shape index (κ3) is 2.51. The van der Waals surface area contributed by atoms with Gasteiger partial charge in [0.15, 0.2) is 6.23 Å². The number of carbonyl (C=O) groups excluding carboxylic acids is 1. The van der Waals surface area contributed by atoms with Crippen molar-refractivity contribution in [3.63, 3.8) is 0 Å². The summed E-state index contributed by atoms with van der Waals surface area (Å²) in [4.78, 5) is 11.8. The van der Waals surface area contributed by atoms with Crippen molar-refractivity contribution in [2.24, 2.45) is 0 Å². The summed E-state index contributed by atoms with van der Waals surface area (Å²) in [7, 11) is 0. The van der Waals surface area contributed by atoms with Gasteiger partial charge in [-0.1, -0.05) is 18.2 Å². The largest absolute Gasteiger partial charge is 0.394 e. The Morgan fingerprint density at radius 2 is 1.89 bits per heavy atom. The van der Waals surface area contributed by atoms with E-state index in [9.17, 15) is 15.0 Å². The molecule has 1 amide bonds. The van der Waals surface area contributed by atoms with E-state index in [0.29, 0.717) is 5.56 Å². The molecule has 0 unspecified atom stereocenters. The van der Waals surface area contributed by atoms with Crippen molar-refractivity contribution in [1.82, 2.24) is 5.32 Å². The summed E-state index contributed by atoms with van der Waals surface area (Å²) in [6.45, 7) is -0.421. The highest BCUT2D eigenvalue weighted by atomic mass is 16.6. The van der Waals surface area contributed by atoms with Crippen LogP contribution in [0, 0.1) is 0 Å². The van der Waals surface area contributed by atoms with Crippen LogP contribution in [0.3, 0.4) is 0 Å². The molecule has 1 aromatic carbocycles. The van der Waals surface area contributed by atoms with E-state index in [1.807, 2.05) is 0 Å². The standard InChI is InChI=1S/C12H15NO5/c14-6-8-9(15)10(16)12(18-8)13-11(17)7-4-2-1-3-5-7/h1-5,8-10,12,14-16H,6H2,(H,13,17)/t8-,9-,10-,12-/m1/s1. The van der Waals surface area contributed by atoms with E-state index in [0.717, 1.165) is 0 Å². The van der Waals surface area contributed by atoms with Crippen molar-refractivity contribution in [3.8, 4) is 0 Å². The lowest BCUT2D eigenvalue weighted by atomic mass is 10.1. The van der Waals surface area contributed by atoms with Crippen molar-refractivity contribution >= 4 is 5.91 Å². The van der Waals surface area contributed by atoms with Gasteiger partial charge in [0.25, 0.3) is 5.91 Å². The van der Waals surface area contributed by atoms with Gasteiger partial charge in [-0.05, 0) is 12.1 Å². The molecular weight excluding hydrogens is 238 g/mol. The maximum absolute atomic E-state index is 11.8. The predicted octanol–water partition coefficient (Wildman–Crippen LogP) is -1.14. The summed E-state index contributed by atoms with van der Waals surface area (Å²) in [5.41, 5.74) is 0.426. The number of carbonyl (C=O) groups is 1. The Morgan fingerprint density at radius 3 is 2.44 bits per heavy atom. The number of rotatable bonds is 3. The highest BCUT2D eigenvalue weighted by Crippen LogP contribution is 2.19. The van der Waals surface area contributed by atoms with Crippen LogP contribution in [0.1, 0.15) is 10.4 Å². The molecule has 98 valence electrons. The maximum atomic E-state index is 11.8. The van der Waals surface area contributed by atoms with Crippen molar-refractivity contribution < 1.29 is 24.9 Å². The van der Waals surface area contributed by atoms with Crippen LogP contribution >= 0.6 is 0 Å². The third-order valence-corrected chi connectivity index (χ3v) is 2.85. The summed E-state index contributed by atoms with van der Waals surface area (Å²) in [6, 6.07) is 8.45. The first-order valence-corrected chi connectivity index (χ1v) is 5.62. The van der Waals surface area contributed by atoms with E-state index in [2.05, 4.69) is 5.32 Å². The molecule has 0 aliphatic carbocycles. The van der Waals surface area contributed by atoms with E-state index < -0.39 is 37.1 Å². The minimum Gasteiger partial charge on any atom is -0.394 e. The van der Waals surface area contributed by atoms with Gasteiger partial charge in [0.2, 0.25) is 0 Å². The van der Waals surface area contributed by atoms with Gasteiger partial charge in [0.05, 0.1) is 6.61 Å². The number of hydrogen-bond acceptors (Lipinski definition) is 5. The number of hydrogen-bond donors (Lipinski definition) is 4. The van der Waals surface area contributed by atoms with Gasteiger partial charge >= 0.3 is 0 Å². The first-order chi connectivity index (χ1) is 8.63. The van der Waals surface area contributed by atoms with Crippen LogP contribution in [0.5, 0.6) is 0 Å². The minimum atomic E-state index is -1.25. The molecule has 0 radical (unpaired) electrons. The van der Waals surface area contributed by atoms with Crippen LogP contribution in [0.15, 0.2) is 30.3 Å². The smallest absolute Gasteiger partial charge is 0.253 e. The van der Waals surface area contributed by atoms with Crippen molar-refractivity contribution in [1.29, 1.82) is 0 Å². The molecule has 1 aromatic rings. The lowest BCUT2D eigenvalue weighted by Gasteiger charge is -2.16. The van der Waals surface area contributed by atoms with Gasteiger partial charge in [0.1, 0.15) is 18.3 Å². The molecule has 4 atom stereocenters.